The molecule has 0 aromatic carbocycles. The van der Waals surface area contributed by atoms with Gasteiger partial charge in [0.2, 0.25) is 5.91 Å². The van der Waals surface area contributed by atoms with Crippen molar-refractivity contribution in [1.82, 2.24) is 4.98 Å². The normalized spacial score (nSPS) is 16.9. The van der Waals surface area contributed by atoms with Gasteiger partial charge in [0.05, 0.1) is 17.9 Å². The van der Waals surface area contributed by atoms with E-state index in [-0.39, 0.29) is 5.91 Å². The fourth-order valence-corrected chi connectivity index (χ4v) is 1.85. The van der Waals surface area contributed by atoms with Crippen molar-refractivity contribution in [2.75, 3.05) is 23.3 Å². The average Bonchev–Trinajstić information content (AvgIpc) is 2.83. The molecule has 2 rings (SSSR count). The zero-order chi connectivity index (χ0) is 12.3. The highest BCUT2D eigenvalue weighted by Crippen LogP contribution is 2.18. The van der Waals surface area contributed by atoms with Crippen molar-refractivity contribution in [2.24, 2.45) is 5.73 Å². The smallest absolute Gasteiger partial charge is 0.241 e. The Balaban J connectivity index is 2.00. The summed E-state index contributed by atoms with van der Waals surface area (Å²) in [6.45, 7) is 3.79. The van der Waals surface area contributed by atoms with Gasteiger partial charge in [-0.15, -0.1) is 0 Å². The lowest BCUT2D eigenvalue weighted by molar-refractivity contribution is -0.117. The molecule has 2 heterocycles. The molecule has 1 fully saturated rings. The first-order valence-electron chi connectivity index (χ1n) is 5.94. The Bertz CT molecular complexity index is 382. The highest BCUT2D eigenvalue weighted by Gasteiger charge is 2.13. The largest absolute Gasteiger partial charge is 0.357 e. The number of anilines is 2. The number of carbonyl (C=O) groups is 1. The third-order valence-corrected chi connectivity index (χ3v) is 2.86. The third kappa shape index (κ3) is 2.94. The van der Waals surface area contributed by atoms with Crippen molar-refractivity contribution in [3.8, 4) is 0 Å². The lowest BCUT2D eigenvalue weighted by Crippen LogP contribution is -2.32. The lowest BCUT2D eigenvalue weighted by atomic mass is 10.3. The number of pyridine rings is 1. The second-order valence-electron chi connectivity index (χ2n) is 4.38. The summed E-state index contributed by atoms with van der Waals surface area (Å²) in [5, 5.41) is 2.71. The van der Waals surface area contributed by atoms with Crippen molar-refractivity contribution in [3.05, 3.63) is 18.3 Å². The summed E-state index contributed by atoms with van der Waals surface area (Å²) in [6.07, 6.45) is 4.13. The van der Waals surface area contributed by atoms with Gasteiger partial charge in [0, 0.05) is 13.1 Å². The Morgan fingerprint density at radius 3 is 2.71 bits per heavy atom. The van der Waals surface area contributed by atoms with Crippen molar-refractivity contribution >= 4 is 17.4 Å². The SMILES string of the molecule is CC(N)C(=O)Nc1ccc(N2CCCC2)nc1. The fourth-order valence-electron chi connectivity index (χ4n) is 1.85. The van der Waals surface area contributed by atoms with E-state index in [0.29, 0.717) is 5.69 Å². The van der Waals surface area contributed by atoms with Crippen LogP contribution in [0.25, 0.3) is 0 Å². The summed E-state index contributed by atoms with van der Waals surface area (Å²) >= 11 is 0. The number of carbonyl (C=O) groups excluding carboxylic acids is 1. The van der Waals surface area contributed by atoms with Gasteiger partial charge in [-0.3, -0.25) is 4.79 Å². The maximum Gasteiger partial charge on any atom is 0.241 e. The minimum Gasteiger partial charge on any atom is -0.357 e. The molecule has 1 aromatic rings. The molecule has 0 spiro atoms. The fraction of sp³-hybridized carbons (Fsp3) is 0.500. The van der Waals surface area contributed by atoms with Crippen molar-refractivity contribution in [1.29, 1.82) is 0 Å². The number of amides is 1. The first-order chi connectivity index (χ1) is 8.16. The quantitative estimate of drug-likeness (QED) is 0.817. The van der Waals surface area contributed by atoms with E-state index < -0.39 is 6.04 Å². The summed E-state index contributed by atoms with van der Waals surface area (Å²) < 4.78 is 0. The first-order valence-corrected chi connectivity index (χ1v) is 5.94. The van der Waals surface area contributed by atoms with Crippen LogP contribution in [0.3, 0.4) is 0 Å². The third-order valence-electron chi connectivity index (χ3n) is 2.86. The minimum absolute atomic E-state index is 0.194. The van der Waals surface area contributed by atoms with E-state index in [4.69, 9.17) is 5.73 Å². The second-order valence-corrected chi connectivity index (χ2v) is 4.38. The zero-order valence-electron chi connectivity index (χ0n) is 10.0. The molecular weight excluding hydrogens is 216 g/mol. The standard InChI is InChI=1S/C12H18N4O/c1-9(13)12(17)15-10-4-5-11(14-8-10)16-6-2-3-7-16/h4-5,8-9H,2-3,6-7,13H2,1H3,(H,15,17). The Kier molecular flexibility index (Phi) is 3.58. The van der Waals surface area contributed by atoms with Crippen LogP contribution in [0.15, 0.2) is 18.3 Å². The van der Waals surface area contributed by atoms with E-state index in [9.17, 15) is 4.79 Å². The van der Waals surface area contributed by atoms with Crippen LogP contribution in [0.2, 0.25) is 0 Å². The van der Waals surface area contributed by atoms with Crippen molar-refractivity contribution < 1.29 is 4.79 Å². The molecule has 1 unspecified atom stereocenters. The van der Waals surface area contributed by atoms with Crippen LogP contribution in [-0.4, -0.2) is 30.0 Å². The molecule has 5 nitrogen and oxygen atoms in total. The Hall–Kier alpha value is -1.62. The highest BCUT2D eigenvalue weighted by molar-refractivity contribution is 5.94. The van der Waals surface area contributed by atoms with Crippen LogP contribution in [0, 0.1) is 0 Å². The van der Waals surface area contributed by atoms with Gasteiger partial charge in [-0.1, -0.05) is 0 Å². The molecule has 17 heavy (non-hydrogen) atoms. The van der Waals surface area contributed by atoms with E-state index in [1.165, 1.54) is 12.8 Å². The van der Waals surface area contributed by atoms with Crippen LogP contribution in [0.5, 0.6) is 0 Å². The maximum absolute atomic E-state index is 11.4. The molecule has 0 saturated carbocycles. The van der Waals surface area contributed by atoms with Crippen LogP contribution in [0.4, 0.5) is 11.5 Å². The molecule has 92 valence electrons. The monoisotopic (exact) mass is 234 g/mol. The Morgan fingerprint density at radius 1 is 1.47 bits per heavy atom. The van der Waals surface area contributed by atoms with Crippen LogP contribution < -0.4 is 16.0 Å². The predicted molar refractivity (Wildman–Crippen MR) is 68.0 cm³/mol. The Morgan fingerprint density at radius 2 is 2.18 bits per heavy atom. The number of aromatic nitrogens is 1. The predicted octanol–water partition coefficient (Wildman–Crippen LogP) is 0.967. The molecule has 1 aliphatic heterocycles. The Labute approximate surface area is 101 Å². The molecule has 3 N–H and O–H groups in total. The highest BCUT2D eigenvalue weighted by atomic mass is 16.2. The lowest BCUT2D eigenvalue weighted by Gasteiger charge is -2.16. The summed E-state index contributed by atoms with van der Waals surface area (Å²) in [4.78, 5) is 18.0. The first kappa shape index (κ1) is 11.9. The molecule has 5 heteroatoms. The number of rotatable bonds is 3. The summed E-state index contributed by atoms with van der Waals surface area (Å²) in [5.41, 5.74) is 6.16. The summed E-state index contributed by atoms with van der Waals surface area (Å²) in [6, 6.07) is 3.29. The van der Waals surface area contributed by atoms with Gasteiger partial charge in [-0.2, -0.15) is 0 Å². The van der Waals surface area contributed by atoms with E-state index in [0.717, 1.165) is 18.9 Å². The summed E-state index contributed by atoms with van der Waals surface area (Å²) in [7, 11) is 0. The van der Waals surface area contributed by atoms with Gasteiger partial charge < -0.3 is 16.0 Å². The van der Waals surface area contributed by atoms with E-state index in [1.807, 2.05) is 12.1 Å². The molecular formula is C12H18N4O. The number of nitrogens with one attached hydrogen (secondary N) is 1. The van der Waals surface area contributed by atoms with Gasteiger partial charge in [0.15, 0.2) is 0 Å². The van der Waals surface area contributed by atoms with E-state index in [2.05, 4.69) is 15.2 Å². The van der Waals surface area contributed by atoms with E-state index in [1.54, 1.807) is 13.1 Å². The topological polar surface area (TPSA) is 71.2 Å². The van der Waals surface area contributed by atoms with Crippen LogP contribution in [0.1, 0.15) is 19.8 Å². The number of nitrogens with zero attached hydrogens (tertiary/aromatic N) is 2. The summed E-state index contributed by atoms with van der Waals surface area (Å²) in [5.74, 6) is 0.780. The number of hydrogen-bond donors (Lipinski definition) is 2. The van der Waals surface area contributed by atoms with Crippen molar-refractivity contribution in [3.63, 3.8) is 0 Å². The molecule has 0 radical (unpaired) electrons. The van der Waals surface area contributed by atoms with Crippen molar-refractivity contribution in [2.45, 2.75) is 25.8 Å². The molecule has 0 aliphatic carbocycles. The molecule has 1 saturated heterocycles. The second kappa shape index (κ2) is 5.14. The van der Waals surface area contributed by atoms with Gasteiger partial charge in [-0.25, -0.2) is 4.98 Å². The zero-order valence-corrected chi connectivity index (χ0v) is 10.0. The van der Waals surface area contributed by atoms with Gasteiger partial charge >= 0.3 is 0 Å². The molecule has 1 amide bonds. The molecule has 1 aliphatic rings. The van der Waals surface area contributed by atoms with Crippen LogP contribution >= 0.6 is 0 Å². The number of nitrogens with two attached hydrogens (primary N) is 1. The average molecular weight is 234 g/mol. The molecule has 0 bridgehead atoms. The minimum atomic E-state index is -0.506. The van der Waals surface area contributed by atoms with E-state index >= 15 is 0 Å². The maximum atomic E-state index is 11.4. The van der Waals surface area contributed by atoms with Gasteiger partial charge in [0.25, 0.3) is 0 Å². The van der Waals surface area contributed by atoms with Gasteiger partial charge in [-0.05, 0) is 31.9 Å². The number of hydrogen-bond acceptors (Lipinski definition) is 4. The van der Waals surface area contributed by atoms with Gasteiger partial charge in [0.1, 0.15) is 5.82 Å². The molecule has 1 aromatic heterocycles. The van der Waals surface area contributed by atoms with Crippen LogP contribution in [-0.2, 0) is 4.79 Å². The molecule has 1 atom stereocenters.